The molecule has 2 heterocycles. The van der Waals surface area contributed by atoms with Crippen LogP contribution < -0.4 is 22.1 Å². The number of aryl methyl sites for hydroxylation is 2. The quantitative estimate of drug-likeness (QED) is 0.277. The Balaban J connectivity index is 0.000000655. The number of carboxylic acid groups (broad SMARTS) is 2. The van der Waals surface area contributed by atoms with E-state index in [0.29, 0.717) is 5.95 Å². The van der Waals surface area contributed by atoms with Crippen molar-refractivity contribution >= 4 is 47.2 Å². The highest BCUT2D eigenvalue weighted by Gasteiger charge is 2.23. The summed E-state index contributed by atoms with van der Waals surface area (Å²) in [7, 11) is 1.87. The molecule has 4 rings (SSSR count). The number of nitrogens with one attached hydrogen (secondary N) is 2. The van der Waals surface area contributed by atoms with Crippen molar-refractivity contribution < 1.29 is 24.6 Å². The number of rotatable bonds is 5. The van der Waals surface area contributed by atoms with Gasteiger partial charge < -0.3 is 32.3 Å². The molecular weight excluding hydrogens is 458 g/mol. The first-order chi connectivity index (χ1) is 16.7. The van der Waals surface area contributed by atoms with Gasteiger partial charge in [0.15, 0.2) is 11.5 Å². The van der Waals surface area contributed by atoms with Gasteiger partial charge in [0.2, 0.25) is 5.95 Å². The molecule has 0 radical (unpaired) electrons. The van der Waals surface area contributed by atoms with E-state index in [2.05, 4.69) is 30.9 Å². The van der Waals surface area contributed by atoms with E-state index in [9.17, 15) is 4.79 Å². The van der Waals surface area contributed by atoms with Crippen LogP contribution in [-0.4, -0.2) is 66.1 Å². The zero-order valence-corrected chi connectivity index (χ0v) is 19.4. The van der Waals surface area contributed by atoms with Crippen LogP contribution >= 0.6 is 0 Å². The van der Waals surface area contributed by atoms with Crippen LogP contribution in [-0.2, 0) is 16.6 Å². The Morgan fingerprint density at radius 3 is 2.46 bits per heavy atom. The Kier molecular flexibility index (Phi) is 9.84. The van der Waals surface area contributed by atoms with Gasteiger partial charge in [0.25, 0.3) is 18.9 Å². The fourth-order valence-electron chi connectivity index (χ4n) is 3.77. The van der Waals surface area contributed by atoms with Crippen LogP contribution in [0.15, 0.2) is 18.3 Å². The Morgan fingerprint density at radius 1 is 1.17 bits per heavy atom. The molecule has 0 bridgehead atoms. The highest BCUT2D eigenvalue weighted by atomic mass is 16.3. The van der Waals surface area contributed by atoms with E-state index < -0.39 is 5.91 Å². The van der Waals surface area contributed by atoms with Gasteiger partial charge in [-0.1, -0.05) is 12.8 Å². The van der Waals surface area contributed by atoms with Crippen molar-refractivity contribution in [3.8, 4) is 0 Å². The Morgan fingerprint density at radius 2 is 1.83 bits per heavy atom. The van der Waals surface area contributed by atoms with Crippen LogP contribution in [0.3, 0.4) is 0 Å². The average Bonchev–Trinajstić information content (AvgIpc) is 3.17. The normalized spacial score (nSPS) is 16.7. The molecule has 1 aromatic carbocycles. The second-order valence-electron chi connectivity index (χ2n) is 7.76. The van der Waals surface area contributed by atoms with Crippen LogP contribution in [0.4, 0.5) is 17.5 Å². The van der Waals surface area contributed by atoms with Gasteiger partial charge in [-0.15, -0.1) is 10.2 Å². The predicted octanol–water partition coefficient (Wildman–Crippen LogP) is 0.993. The lowest BCUT2D eigenvalue weighted by atomic mass is 9.91. The van der Waals surface area contributed by atoms with Crippen molar-refractivity contribution in [3.05, 3.63) is 29.6 Å². The van der Waals surface area contributed by atoms with Crippen molar-refractivity contribution in [1.82, 2.24) is 25.0 Å². The van der Waals surface area contributed by atoms with E-state index in [1.54, 1.807) is 4.68 Å². The number of hydrogen-bond acceptors (Lipinski definition) is 10. The standard InChI is InChI=1S/C19H25N9O.2CH2O2/c1-10-7-11(8-15-12(10)9-28(2)27-15)22-18-16(17(21)29)25-26-19(24-18)23-14-6-4-3-5-13(14)20;2*2-1-3/h7-9,13-14H,3-6,20H2,1-2H3,(H2,21,29)(H2,22,23,24,26);2*1H,(H,2,3)/t13-,14+;;/m0../s1. The van der Waals surface area contributed by atoms with Crippen molar-refractivity contribution in [2.24, 2.45) is 18.5 Å². The third-order valence-electron chi connectivity index (χ3n) is 5.26. The van der Waals surface area contributed by atoms with Gasteiger partial charge >= 0.3 is 0 Å². The molecule has 0 spiro atoms. The van der Waals surface area contributed by atoms with Gasteiger partial charge in [-0.25, -0.2) is 0 Å². The number of amides is 1. The smallest absolute Gasteiger partial charge is 0.290 e. The fraction of sp³-hybridized carbons (Fsp3) is 0.381. The molecule has 2 aromatic heterocycles. The molecule has 3 aromatic rings. The summed E-state index contributed by atoms with van der Waals surface area (Å²) < 4.78 is 1.76. The van der Waals surface area contributed by atoms with E-state index in [4.69, 9.17) is 31.3 Å². The van der Waals surface area contributed by atoms with Gasteiger partial charge in [-0.05, 0) is 37.5 Å². The summed E-state index contributed by atoms with van der Waals surface area (Å²) in [6, 6.07) is 3.96. The number of carbonyl (C=O) groups excluding carboxylic acids is 1. The first kappa shape index (κ1) is 26.9. The number of primary amides is 1. The monoisotopic (exact) mass is 487 g/mol. The van der Waals surface area contributed by atoms with Crippen LogP contribution in [0.25, 0.3) is 10.9 Å². The van der Waals surface area contributed by atoms with Gasteiger partial charge in [0.1, 0.15) is 0 Å². The summed E-state index contributed by atoms with van der Waals surface area (Å²) in [6.45, 7) is 1.50. The summed E-state index contributed by atoms with van der Waals surface area (Å²) in [4.78, 5) is 33.0. The van der Waals surface area contributed by atoms with Crippen LogP contribution in [0.5, 0.6) is 0 Å². The summed E-state index contributed by atoms with van der Waals surface area (Å²) in [6.07, 6.45) is 6.10. The zero-order valence-electron chi connectivity index (χ0n) is 19.4. The highest BCUT2D eigenvalue weighted by molar-refractivity contribution is 5.96. The molecule has 1 aliphatic carbocycles. The second kappa shape index (κ2) is 12.8. The van der Waals surface area contributed by atoms with Crippen LogP contribution in [0, 0.1) is 6.92 Å². The van der Waals surface area contributed by atoms with E-state index in [1.807, 2.05) is 32.3 Å². The molecule has 0 unspecified atom stereocenters. The third kappa shape index (κ3) is 7.33. The maximum Gasteiger partial charge on any atom is 0.290 e. The lowest BCUT2D eigenvalue weighted by Crippen LogP contribution is -2.43. The van der Waals surface area contributed by atoms with Crippen LogP contribution in [0.1, 0.15) is 41.7 Å². The number of nitrogens with zero attached hydrogens (tertiary/aromatic N) is 5. The summed E-state index contributed by atoms with van der Waals surface area (Å²) in [5.74, 6) is -0.145. The van der Waals surface area contributed by atoms with Crippen molar-refractivity contribution in [3.63, 3.8) is 0 Å². The van der Waals surface area contributed by atoms with E-state index in [0.717, 1.165) is 47.8 Å². The molecule has 2 atom stereocenters. The molecule has 0 saturated heterocycles. The first-order valence-electron chi connectivity index (χ1n) is 10.7. The lowest BCUT2D eigenvalue weighted by Gasteiger charge is -2.29. The maximum atomic E-state index is 11.8. The maximum absolute atomic E-state index is 11.8. The number of carbonyl (C=O) groups is 3. The Labute approximate surface area is 200 Å². The number of benzene rings is 1. The molecule has 1 saturated carbocycles. The van der Waals surface area contributed by atoms with Gasteiger partial charge in [0, 0.05) is 36.4 Å². The molecular formula is C21H29N9O5. The Bertz CT molecular complexity index is 1160. The van der Waals surface area contributed by atoms with E-state index in [-0.39, 0.29) is 36.5 Å². The minimum Gasteiger partial charge on any atom is -0.483 e. The fourth-order valence-corrected chi connectivity index (χ4v) is 3.77. The number of anilines is 3. The minimum absolute atomic E-state index is 0.0257. The highest BCUT2D eigenvalue weighted by Crippen LogP contribution is 2.26. The van der Waals surface area contributed by atoms with Gasteiger partial charge in [-0.3, -0.25) is 19.1 Å². The van der Waals surface area contributed by atoms with Crippen molar-refractivity contribution in [2.45, 2.75) is 44.7 Å². The number of nitrogens with two attached hydrogens (primary N) is 2. The largest absolute Gasteiger partial charge is 0.483 e. The van der Waals surface area contributed by atoms with Gasteiger partial charge in [0.05, 0.1) is 5.52 Å². The van der Waals surface area contributed by atoms with Crippen molar-refractivity contribution in [1.29, 1.82) is 0 Å². The lowest BCUT2D eigenvalue weighted by molar-refractivity contribution is -0.123. The van der Waals surface area contributed by atoms with Crippen LogP contribution in [0.2, 0.25) is 0 Å². The average molecular weight is 488 g/mol. The number of fused-ring (bicyclic) bond motifs is 1. The molecule has 1 fully saturated rings. The molecule has 35 heavy (non-hydrogen) atoms. The van der Waals surface area contributed by atoms with E-state index >= 15 is 0 Å². The zero-order chi connectivity index (χ0) is 26.0. The summed E-state index contributed by atoms with van der Waals surface area (Å²) >= 11 is 0. The SMILES string of the molecule is Cc1cc(Nc2nc(N[C@@H]3CCCC[C@@H]3N)nnc2C(N)=O)cc2nn(C)cc12.O=CO.O=CO. The minimum atomic E-state index is -0.705. The molecule has 188 valence electrons. The molecule has 14 nitrogen and oxygen atoms in total. The topological polar surface area (TPSA) is 224 Å². The summed E-state index contributed by atoms with van der Waals surface area (Å²) in [5.41, 5.74) is 14.3. The number of hydrogen-bond donors (Lipinski definition) is 6. The van der Waals surface area contributed by atoms with E-state index in [1.165, 1.54) is 0 Å². The Hall–Kier alpha value is -4.33. The molecule has 8 N–H and O–H groups in total. The van der Waals surface area contributed by atoms with Crippen molar-refractivity contribution in [2.75, 3.05) is 10.6 Å². The molecule has 0 aliphatic heterocycles. The first-order valence-corrected chi connectivity index (χ1v) is 10.7. The number of aromatic nitrogens is 5. The third-order valence-corrected chi connectivity index (χ3v) is 5.26. The van der Waals surface area contributed by atoms with Gasteiger partial charge in [-0.2, -0.15) is 10.1 Å². The molecule has 1 amide bonds. The second-order valence-corrected chi connectivity index (χ2v) is 7.76. The predicted molar refractivity (Wildman–Crippen MR) is 128 cm³/mol. The molecule has 1 aliphatic rings. The summed E-state index contributed by atoms with van der Waals surface area (Å²) in [5, 5.41) is 33.7. The molecule has 14 heteroatoms.